The van der Waals surface area contributed by atoms with Crippen LogP contribution in [0.15, 0.2) is 53.4 Å². The Morgan fingerprint density at radius 1 is 1.00 bits per heavy atom. The first kappa shape index (κ1) is 17.3. The lowest BCUT2D eigenvalue weighted by molar-refractivity contribution is -0.385. The molecule has 25 heavy (non-hydrogen) atoms. The molecule has 2 aromatic rings. The van der Waals surface area contributed by atoms with Crippen LogP contribution >= 0.6 is 0 Å². The van der Waals surface area contributed by atoms with Gasteiger partial charge in [-0.2, -0.15) is 4.31 Å². The van der Waals surface area contributed by atoms with Crippen molar-refractivity contribution >= 4 is 21.4 Å². The third kappa shape index (κ3) is 3.62. The predicted octanol–water partition coefficient (Wildman–Crippen LogP) is 2.24. The summed E-state index contributed by atoms with van der Waals surface area (Å²) >= 11 is 0. The number of nitro benzene ring substituents is 1. The molecule has 0 unspecified atom stereocenters. The summed E-state index contributed by atoms with van der Waals surface area (Å²) < 4.78 is 39.7. The van der Waals surface area contributed by atoms with Crippen LogP contribution in [0.4, 0.5) is 15.8 Å². The predicted molar refractivity (Wildman–Crippen MR) is 90.5 cm³/mol. The summed E-state index contributed by atoms with van der Waals surface area (Å²) in [5.74, 6) is -0.323. The smallest absolute Gasteiger partial charge is 0.270 e. The van der Waals surface area contributed by atoms with Crippen molar-refractivity contribution in [2.24, 2.45) is 0 Å². The summed E-state index contributed by atoms with van der Waals surface area (Å²) in [7, 11) is -3.79. The molecule has 1 aliphatic heterocycles. The van der Waals surface area contributed by atoms with Gasteiger partial charge >= 0.3 is 0 Å². The molecule has 0 amide bonds. The molecular weight excluding hydrogens is 349 g/mol. The number of piperazine rings is 1. The Morgan fingerprint density at radius 2 is 1.64 bits per heavy atom. The van der Waals surface area contributed by atoms with E-state index in [1.807, 2.05) is 4.90 Å². The van der Waals surface area contributed by atoms with Crippen molar-refractivity contribution in [2.75, 3.05) is 31.1 Å². The van der Waals surface area contributed by atoms with Crippen molar-refractivity contribution in [3.63, 3.8) is 0 Å². The molecule has 7 nitrogen and oxygen atoms in total. The average molecular weight is 365 g/mol. The van der Waals surface area contributed by atoms with Gasteiger partial charge in [0.05, 0.1) is 9.82 Å². The molecular formula is C16H16FN3O4S. The first-order valence-electron chi connectivity index (χ1n) is 7.63. The second-order valence-electron chi connectivity index (χ2n) is 5.62. The number of sulfonamides is 1. The number of benzene rings is 2. The van der Waals surface area contributed by atoms with E-state index in [2.05, 4.69) is 0 Å². The van der Waals surface area contributed by atoms with E-state index in [1.54, 1.807) is 12.1 Å². The molecule has 0 aromatic heterocycles. The number of non-ortho nitro benzene ring substituents is 1. The van der Waals surface area contributed by atoms with Crippen LogP contribution in [0.5, 0.6) is 0 Å². The molecule has 0 spiro atoms. The zero-order chi connectivity index (χ0) is 18.0. The fourth-order valence-corrected chi connectivity index (χ4v) is 4.21. The maximum atomic E-state index is 13.0. The van der Waals surface area contributed by atoms with Gasteiger partial charge < -0.3 is 4.90 Å². The van der Waals surface area contributed by atoms with Crippen LogP contribution in [0.3, 0.4) is 0 Å². The van der Waals surface area contributed by atoms with Crippen LogP contribution in [0.1, 0.15) is 0 Å². The summed E-state index contributed by atoms with van der Waals surface area (Å²) in [5, 5.41) is 10.8. The fraction of sp³-hybridized carbons (Fsp3) is 0.250. The van der Waals surface area contributed by atoms with Gasteiger partial charge in [-0.15, -0.1) is 0 Å². The highest BCUT2D eigenvalue weighted by Crippen LogP contribution is 2.23. The summed E-state index contributed by atoms with van der Waals surface area (Å²) in [6, 6.07) is 11.1. The summed E-state index contributed by atoms with van der Waals surface area (Å²) in [5.41, 5.74) is 0.569. The lowest BCUT2D eigenvalue weighted by Gasteiger charge is -2.35. The Bertz CT molecular complexity index is 879. The number of nitro groups is 1. The molecule has 3 rings (SSSR count). The molecule has 1 fully saturated rings. The lowest BCUT2D eigenvalue weighted by atomic mass is 10.2. The third-order valence-corrected chi connectivity index (χ3v) is 5.99. The quantitative estimate of drug-likeness (QED) is 0.613. The van der Waals surface area contributed by atoms with Crippen molar-refractivity contribution in [1.82, 2.24) is 4.31 Å². The van der Waals surface area contributed by atoms with Crippen molar-refractivity contribution in [3.8, 4) is 0 Å². The van der Waals surface area contributed by atoms with Gasteiger partial charge in [0, 0.05) is 44.0 Å². The second-order valence-corrected chi connectivity index (χ2v) is 7.56. The highest BCUT2D eigenvalue weighted by Gasteiger charge is 2.29. The van der Waals surface area contributed by atoms with Crippen molar-refractivity contribution < 1.29 is 17.7 Å². The lowest BCUT2D eigenvalue weighted by Crippen LogP contribution is -2.48. The molecule has 1 aliphatic rings. The van der Waals surface area contributed by atoms with E-state index in [-0.39, 0.29) is 29.5 Å². The van der Waals surface area contributed by atoms with Gasteiger partial charge in [0.15, 0.2) is 0 Å². The number of anilines is 1. The summed E-state index contributed by atoms with van der Waals surface area (Å²) in [6.45, 7) is 1.42. The van der Waals surface area contributed by atoms with Gasteiger partial charge in [0.1, 0.15) is 5.82 Å². The number of halogens is 1. The number of rotatable bonds is 4. The number of hydrogen-bond donors (Lipinski definition) is 0. The van der Waals surface area contributed by atoms with Crippen molar-refractivity contribution in [2.45, 2.75) is 4.90 Å². The number of hydrogen-bond acceptors (Lipinski definition) is 5. The molecule has 0 aliphatic carbocycles. The van der Waals surface area contributed by atoms with E-state index in [0.29, 0.717) is 13.1 Å². The highest BCUT2D eigenvalue weighted by molar-refractivity contribution is 7.89. The Hall–Kier alpha value is -2.52. The normalized spacial score (nSPS) is 16.0. The van der Waals surface area contributed by atoms with Crippen molar-refractivity contribution in [1.29, 1.82) is 0 Å². The van der Waals surface area contributed by atoms with Crippen LogP contribution in [-0.2, 0) is 10.0 Å². The standard InChI is InChI=1S/C16H16FN3O4S/c17-13-4-6-14(7-5-13)18-8-10-19(11-9-18)25(23,24)16-3-1-2-15(12-16)20(21)22/h1-7,12H,8-11H2. The topological polar surface area (TPSA) is 83.8 Å². The third-order valence-electron chi connectivity index (χ3n) is 4.10. The highest BCUT2D eigenvalue weighted by atomic mass is 32.2. The van der Waals surface area contributed by atoms with Gasteiger partial charge in [0.25, 0.3) is 5.69 Å². The molecule has 0 radical (unpaired) electrons. The summed E-state index contributed by atoms with van der Waals surface area (Å²) in [4.78, 5) is 12.1. The fourth-order valence-electron chi connectivity index (χ4n) is 2.75. The Morgan fingerprint density at radius 3 is 2.24 bits per heavy atom. The minimum absolute atomic E-state index is 0.0862. The van der Waals surface area contributed by atoms with Gasteiger partial charge in [0.2, 0.25) is 10.0 Å². The molecule has 1 saturated heterocycles. The monoisotopic (exact) mass is 365 g/mol. The summed E-state index contributed by atoms with van der Waals surface area (Å²) in [6.07, 6.45) is 0. The van der Waals surface area contributed by atoms with E-state index in [1.165, 1.54) is 34.6 Å². The second kappa shape index (κ2) is 6.77. The van der Waals surface area contributed by atoms with Gasteiger partial charge in [-0.05, 0) is 30.3 Å². The minimum atomic E-state index is -3.79. The molecule has 1 heterocycles. The first-order chi connectivity index (χ1) is 11.9. The van der Waals surface area contributed by atoms with Crippen LogP contribution in [0.25, 0.3) is 0 Å². The first-order valence-corrected chi connectivity index (χ1v) is 9.07. The average Bonchev–Trinajstić information content (AvgIpc) is 2.62. The molecule has 0 atom stereocenters. The van der Waals surface area contributed by atoms with Crippen LogP contribution in [0, 0.1) is 15.9 Å². The zero-order valence-corrected chi connectivity index (χ0v) is 14.0. The molecule has 0 bridgehead atoms. The molecule has 132 valence electrons. The Balaban J connectivity index is 1.74. The molecule has 0 saturated carbocycles. The van der Waals surface area contributed by atoms with Crippen LogP contribution in [-0.4, -0.2) is 43.8 Å². The molecule has 2 aromatic carbocycles. The van der Waals surface area contributed by atoms with E-state index < -0.39 is 14.9 Å². The van der Waals surface area contributed by atoms with Gasteiger partial charge in [-0.3, -0.25) is 10.1 Å². The molecule has 0 N–H and O–H groups in total. The van der Waals surface area contributed by atoms with Crippen LogP contribution < -0.4 is 4.90 Å². The largest absolute Gasteiger partial charge is 0.369 e. The minimum Gasteiger partial charge on any atom is -0.369 e. The van der Waals surface area contributed by atoms with E-state index >= 15 is 0 Å². The van der Waals surface area contributed by atoms with Crippen molar-refractivity contribution in [3.05, 3.63) is 64.5 Å². The maximum Gasteiger partial charge on any atom is 0.270 e. The SMILES string of the molecule is O=[N+]([O-])c1cccc(S(=O)(=O)N2CCN(c3ccc(F)cc3)CC2)c1. The van der Waals surface area contributed by atoms with Crippen LogP contribution in [0.2, 0.25) is 0 Å². The molecule has 9 heteroatoms. The van der Waals surface area contributed by atoms with Gasteiger partial charge in [-0.1, -0.05) is 6.07 Å². The van der Waals surface area contributed by atoms with Gasteiger partial charge in [-0.25, -0.2) is 12.8 Å². The zero-order valence-electron chi connectivity index (χ0n) is 13.2. The van der Waals surface area contributed by atoms with E-state index in [0.717, 1.165) is 11.8 Å². The van der Waals surface area contributed by atoms with E-state index in [4.69, 9.17) is 0 Å². The Labute approximate surface area is 144 Å². The maximum absolute atomic E-state index is 13.0. The number of nitrogens with zero attached hydrogens (tertiary/aromatic N) is 3. The Kier molecular flexibility index (Phi) is 4.69. The van der Waals surface area contributed by atoms with E-state index in [9.17, 15) is 22.9 Å².